The molecule has 1 N–H and O–H groups in total. The number of carbonyl (C=O) groups excluding carboxylic acids is 2. The lowest BCUT2D eigenvalue weighted by Crippen LogP contribution is -2.31. The topological polar surface area (TPSA) is 67.2 Å². The summed E-state index contributed by atoms with van der Waals surface area (Å²) in [6.45, 7) is 3.78. The Bertz CT molecular complexity index is 1010. The highest BCUT2D eigenvalue weighted by molar-refractivity contribution is 5.81. The summed E-state index contributed by atoms with van der Waals surface area (Å²) in [5, 5.41) is 3.01. The van der Waals surface area contributed by atoms with Gasteiger partial charge in [0, 0.05) is 33.0 Å². The third kappa shape index (κ3) is 6.67. The second-order valence-corrected chi connectivity index (χ2v) is 8.21. The van der Waals surface area contributed by atoms with Crippen molar-refractivity contribution < 1.29 is 9.59 Å². The van der Waals surface area contributed by atoms with Crippen LogP contribution in [0.1, 0.15) is 44.0 Å². The van der Waals surface area contributed by atoms with Gasteiger partial charge in [-0.1, -0.05) is 55.8 Å². The van der Waals surface area contributed by atoms with E-state index in [1.54, 1.807) is 4.90 Å². The van der Waals surface area contributed by atoms with E-state index in [0.29, 0.717) is 25.9 Å². The normalized spacial score (nSPS) is 10.9. The van der Waals surface area contributed by atoms with Crippen molar-refractivity contribution in [2.45, 2.75) is 52.0 Å². The smallest absolute Gasteiger partial charge is 0.242 e. The molecule has 2 amide bonds. The predicted molar refractivity (Wildman–Crippen MR) is 128 cm³/mol. The molecule has 0 spiro atoms. The van der Waals surface area contributed by atoms with Crippen molar-refractivity contribution in [1.29, 1.82) is 0 Å². The first kappa shape index (κ1) is 23.5. The standard InChI is InChI=1S/C26H34N4O2/c1-3-4-19-29(2)26(32)20-30-23-14-9-8-13-22(23)28-24(30)15-10-18-27-25(31)17-16-21-11-6-5-7-12-21/h5-9,11-14H,3-4,10,15-20H2,1-2H3,(H,27,31). The summed E-state index contributed by atoms with van der Waals surface area (Å²) in [5.41, 5.74) is 3.05. The summed E-state index contributed by atoms with van der Waals surface area (Å²) in [6, 6.07) is 18.0. The number of nitrogens with zero attached hydrogens (tertiary/aromatic N) is 3. The Balaban J connectivity index is 1.54. The van der Waals surface area contributed by atoms with Crippen LogP contribution in [-0.4, -0.2) is 46.4 Å². The third-order valence-corrected chi connectivity index (χ3v) is 5.68. The van der Waals surface area contributed by atoms with E-state index in [9.17, 15) is 9.59 Å². The Morgan fingerprint density at radius 1 is 1.00 bits per heavy atom. The van der Waals surface area contributed by atoms with E-state index in [0.717, 1.165) is 49.1 Å². The number of aryl methyl sites for hydroxylation is 2. The minimum Gasteiger partial charge on any atom is -0.356 e. The van der Waals surface area contributed by atoms with Crippen LogP contribution in [0.5, 0.6) is 0 Å². The van der Waals surface area contributed by atoms with Gasteiger partial charge >= 0.3 is 0 Å². The van der Waals surface area contributed by atoms with Crippen LogP contribution in [0.4, 0.5) is 0 Å². The lowest BCUT2D eigenvalue weighted by atomic mass is 10.1. The third-order valence-electron chi connectivity index (χ3n) is 5.68. The number of amides is 2. The van der Waals surface area contributed by atoms with E-state index < -0.39 is 0 Å². The molecule has 170 valence electrons. The number of nitrogens with one attached hydrogen (secondary N) is 1. The van der Waals surface area contributed by atoms with Crippen molar-refractivity contribution in [3.63, 3.8) is 0 Å². The monoisotopic (exact) mass is 434 g/mol. The SMILES string of the molecule is CCCCN(C)C(=O)Cn1c(CCCNC(=O)CCc2ccccc2)nc2ccccc21. The minimum absolute atomic E-state index is 0.0649. The number of para-hydroxylation sites is 2. The Hall–Kier alpha value is -3.15. The number of benzene rings is 2. The zero-order chi connectivity index (χ0) is 22.8. The maximum absolute atomic E-state index is 12.7. The number of imidazole rings is 1. The van der Waals surface area contributed by atoms with E-state index in [1.807, 2.05) is 66.2 Å². The van der Waals surface area contributed by atoms with Crippen LogP contribution in [-0.2, 0) is 29.0 Å². The second-order valence-electron chi connectivity index (χ2n) is 8.21. The highest BCUT2D eigenvalue weighted by Gasteiger charge is 2.16. The number of fused-ring (bicyclic) bond motifs is 1. The van der Waals surface area contributed by atoms with Gasteiger partial charge in [-0.25, -0.2) is 4.98 Å². The van der Waals surface area contributed by atoms with E-state index >= 15 is 0 Å². The number of rotatable bonds is 12. The molecule has 0 aliphatic heterocycles. The number of hydrogen-bond acceptors (Lipinski definition) is 3. The Morgan fingerprint density at radius 2 is 1.75 bits per heavy atom. The van der Waals surface area contributed by atoms with E-state index in [4.69, 9.17) is 4.98 Å². The molecule has 32 heavy (non-hydrogen) atoms. The van der Waals surface area contributed by atoms with Crippen LogP contribution in [0.2, 0.25) is 0 Å². The zero-order valence-electron chi connectivity index (χ0n) is 19.2. The van der Waals surface area contributed by atoms with Crippen LogP contribution < -0.4 is 5.32 Å². The fourth-order valence-corrected chi connectivity index (χ4v) is 3.73. The summed E-state index contributed by atoms with van der Waals surface area (Å²) >= 11 is 0. The average Bonchev–Trinajstić information content (AvgIpc) is 3.16. The molecule has 0 aliphatic rings. The van der Waals surface area contributed by atoms with Crippen LogP contribution in [0.3, 0.4) is 0 Å². The van der Waals surface area contributed by atoms with Crippen LogP contribution in [0.25, 0.3) is 11.0 Å². The van der Waals surface area contributed by atoms with Gasteiger partial charge in [-0.3, -0.25) is 9.59 Å². The van der Waals surface area contributed by atoms with Crippen molar-refractivity contribution in [1.82, 2.24) is 19.8 Å². The van der Waals surface area contributed by atoms with Gasteiger partial charge in [0.2, 0.25) is 11.8 Å². The molecular weight excluding hydrogens is 400 g/mol. The van der Waals surface area contributed by atoms with Crippen LogP contribution >= 0.6 is 0 Å². The molecule has 3 rings (SSSR count). The molecule has 6 heteroatoms. The molecule has 0 aliphatic carbocycles. The quantitative estimate of drug-likeness (QED) is 0.439. The fraction of sp³-hybridized carbons (Fsp3) is 0.423. The molecule has 3 aromatic rings. The lowest BCUT2D eigenvalue weighted by Gasteiger charge is -2.18. The van der Waals surface area contributed by atoms with Crippen molar-refractivity contribution in [2.24, 2.45) is 0 Å². The van der Waals surface area contributed by atoms with Crippen LogP contribution in [0.15, 0.2) is 54.6 Å². The minimum atomic E-state index is 0.0649. The number of likely N-dealkylation sites (N-methyl/N-ethyl adjacent to an activating group) is 1. The molecular formula is C26H34N4O2. The van der Waals surface area contributed by atoms with Crippen molar-refractivity contribution in [2.75, 3.05) is 20.1 Å². The summed E-state index contributed by atoms with van der Waals surface area (Å²) in [4.78, 5) is 31.5. The number of unbranched alkanes of at least 4 members (excludes halogenated alkanes) is 1. The molecule has 0 radical (unpaired) electrons. The number of hydrogen-bond donors (Lipinski definition) is 1. The van der Waals surface area contributed by atoms with E-state index in [1.165, 1.54) is 5.56 Å². The molecule has 6 nitrogen and oxygen atoms in total. The first-order valence-corrected chi connectivity index (χ1v) is 11.6. The highest BCUT2D eigenvalue weighted by Crippen LogP contribution is 2.17. The molecule has 0 fully saturated rings. The number of aromatic nitrogens is 2. The van der Waals surface area contributed by atoms with Gasteiger partial charge in [-0.15, -0.1) is 0 Å². The number of carbonyl (C=O) groups is 2. The first-order chi connectivity index (χ1) is 15.6. The van der Waals surface area contributed by atoms with Crippen molar-refractivity contribution >= 4 is 22.8 Å². The molecule has 0 saturated heterocycles. The first-order valence-electron chi connectivity index (χ1n) is 11.6. The largest absolute Gasteiger partial charge is 0.356 e. The summed E-state index contributed by atoms with van der Waals surface area (Å²) in [5.74, 6) is 1.05. The molecule has 0 unspecified atom stereocenters. The second kappa shape index (κ2) is 12.0. The fourth-order valence-electron chi connectivity index (χ4n) is 3.73. The van der Waals surface area contributed by atoms with Gasteiger partial charge in [0.05, 0.1) is 11.0 Å². The Morgan fingerprint density at radius 3 is 2.53 bits per heavy atom. The summed E-state index contributed by atoms with van der Waals surface area (Å²) in [7, 11) is 1.86. The molecule has 1 aromatic heterocycles. The molecule has 0 bridgehead atoms. The molecule has 2 aromatic carbocycles. The van der Waals surface area contributed by atoms with Gasteiger partial charge in [0.1, 0.15) is 12.4 Å². The van der Waals surface area contributed by atoms with E-state index in [-0.39, 0.29) is 11.8 Å². The Labute approximate surface area is 190 Å². The van der Waals surface area contributed by atoms with Gasteiger partial charge < -0.3 is 14.8 Å². The predicted octanol–water partition coefficient (Wildman–Crippen LogP) is 3.98. The molecule has 1 heterocycles. The summed E-state index contributed by atoms with van der Waals surface area (Å²) < 4.78 is 2.03. The maximum Gasteiger partial charge on any atom is 0.242 e. The highest BCUT2D eigenvalue weighted by atomic mass is 16.2. The van der Waals surface area contributed by atoms with Crippen molar-refractivity contribution in [3.05, 3.63) is 66.0 Å². The lowest BCUT2D eigenvalue weighted by molar-refractivity contribution is -0.130. The van der Waals surface area contributed by atoms with Crippen LogP contribution in [0, 0.1) is 0 Å². The van der Waals surface area contributed by atoms with Crippen molar-refractivity contribution in [3.8, 4) is 0 Å². The van der Waals surface area contributed by atoms with Gasteiger partial charge in [-0.05, 0) is 37.0 Å². The summed E-state index contributed by atoms with van der Waals surface area (Å²) in [6.07, 6.45) is 4.79. The van der Waals surface area contributed by atoms with Gasteiger partial charge in [-0.2, -0.15) is 0 Å². The van der Waals surface area contributed by atoms with Gasteiger partial charge in [0.25, 0.3) is 0 Å². The zero-order valence-corrected chi connectivity index (χ0v) is 19.2. The molecule has 0 saturated carbocycles. The van der Waals surface area contributed by atoms with E-state index in [2.05, 4.69) is 12.2 Å². The average molecular weight is 435 g/mol. The maximum atomic E-state index is 12.7. The Kier molecular flexibility index (Phi) is 8.84. The molecule has 0 atom stereocenters. The van der Waals surface area contributed by atoms with Gasteiger partial charge in [0.15, 0.2) is 0 Å².